The van der Waals surface area contributed by atoms with E-state index in [2.05, 4.69) is 35.1 Å². The first-order valence-corrected chi connectivity index (χ1v) is 7.66. The fraction of sp³-hybridized carbons (Fsp3) is 0.250. The summed E-state index contributed by atoms with van der Waals surface area (Å²) < 4.78 is 1.31. The predicted octanol–water partition coefficient (Wildman–Crippen LogP) is 1.24. The number of allylic oxidation sites excluding steroid dienone is 2. The zero-order chi connectivity index (χ0) is 13.4. The molecule has 1 unspecified atom stereocenters. The van der Waals surface area contributed by atoms with Gasteiger partial charge in [-0.1, -0.05) is 0 Å². The Hall–Kier alpha value is -1.42. The Morgan fingerprint density at radius 3 is 2.84 bits per heavy atom. The second-order valence-electron chi connectivity index (χ2n) is 5.12. The van der Waals surface area contributed by atoms with Crippen molar-refractivity contribution in [1.29, 1.82) is 0 Å². The number of benzene rings is 1. The molecule has 3 rings (SSSR count). The summed E-state index contributed by atoms with van der Waals surface area (Å²) in [6.07, 6.45) is 11.1. The van der Waals surface area contributed by atoms with Crippen LogP contribution in [0, 0.1) is 18.3 Å². The van der Waals surface area contributed by atoms with Crippen molar-refractivity contribution in [3.8, 4) is 12.3 Å². The molecule has 1 aliphatic carbocycles. The number of nitrogens with zero attached hydrogens (tertiary/aromatic N) is 1. The average molecular weight is 312 g/mol. The van der Waals surface area contributed by atoms with E-state index in [1.54, 1.807) is 16.9 Å². The first kappa shape index (κ1) is 12.6. The fourth-order valence-electron chi connectivity index (χ4n) is 2.49. The number of terminal acetylenes is 1. The maximum absolute atomic E-state index is 5.96. The zero-order valence-corrected chi connectivity index (χ0v) is 13.1. The van der Waals surface area contributed by atoms with E-state index in [0.717, 1.165) is 18.5 Å². The number of nitrogens with two attached hydrogens (primary N) is 1. The molecular weight excluding hydrogens is 295 g/mol. The first-order chi connectivity index (χ1) is 9.19. The van der Waals surface area contributed by atoms with Crippen molar-refractivity contribution >= 4 is 22.5 Å². The molecular formula is C16H17AsN2. The van der Waals surface area contributed by atoms with E-state index in [-0.39, 0.29) is 0 Å². The molecule has 0 saturated heterocycles. The standard InChI is InChI=1S/C16H17AsN2/c1-2-11-4-3-5-13(8-11)19-10-12(6-7-16(19)17)14-9-15(14)18/h1,3-8,14-15H,9-10,17-18H2/t14-,15+/m0/s1. The predicted molar refractivity (Wildman–Crippen MR) is 82.5 cm³/mol. The van der Waals surface area contributed by atoms with Crippen molar-refractivity contribution in [1.82, 2.24) is 0 Å². The summed E-state index contributed by atoms with van der Waals surface area (Å²) in [4.78, 5) is 2.33. The van der Waals surface area contributed by atoms with E-state index < -0.39 is 0 Å². The molecule has 1 aromatic rings. The molecule has 1 aliphatic heterocycles. The third-order valence-electron chi connectivity index (χ3n) is 3.76. The third kappa shape index (κ3) is 2.50. The van der Waals surface area contributed by atoms with Crippen LogP contribution in [0.5, 0.6) is 0 Å². The maximum atomic E-state index is 5.96. The van der Waals surface area contributed by atoms with Crippen LogP contribution in [0.15, 0.2) is 46.5 Å². The Balaban J connectivity index is 1.87. The van der Waals surface area contributed by atoms with Gasteiger partial charge >= 0.3 is 122 Å². The van der Waals surface area contributed by atoms with E-state index in [0.29, 0.717) is 12.0 Å². The molecule has 1 aromatic carbocycles. The summed E-state index contributed by atoms with van der Waals surface area (Å²) in [6, 6.07) is 8.53. The second kappa shape index (κ2) is 4.93. The topological polar surface area (TPSA) is 29.3 Å². The molecule has 1 fully saturated rings. The molecule has 0 amide bonds. The number of rotatable bonds is 2. The van der Waals surface area contributed by atoms with Crippen molar-refractivity contribution < 1.29 is 0 Å². The van der Waals surface area contributed by atoms with Crippen LogP contribution < -0.4 is 10.6 Å². The van der Waals surface area contributed by atoms with E-state index in [1.807, 2.05) is 12.1 Å². The van der Waals surface area contributed by atoms with Gasteiger partial charge in [0.1, 0.15) is 0 Å². The van der Waals surface area contributed by atoms with Gasteiger partial charge in [-0.2, -0.15) is 0 Å². The van der Waals surface area contributed by atoms with Crippen LogP contribution in [-0.4, -0.2) is 29.4 Å². The van der Waals surface area contributed by atoms with Gasteiger partial charge in [0.25, 0.3) is 0 Å². The average Bonchev–Trinajstić information content (AvgIpc) is 3.16. The van der Waals surface area contributed by atoms with E-state index in [4.69, 9.17) is 12.2 Å². The molecule has 2 nitrogen and oxygen atoms in total. The summed E-state index contributed by atoms with van der Waals surface area (Å²) >= 11 is 1.63. The Morgan fingerprint density at radius 2 is 2.16 bits per heavy atom. The molecule has 96 valence electrons. The minimum atomic E-state index is 0.363. The second-order valence-corrected chi connectivity index (χ2v) is 6.36. The van der Waals surface area contributed by atoms with Crippen LogP contribution in [0.3, 0.4) is 0 Å². The van der Waals surface area contributed by atoms with Crippen LogP contribution in [0.1, 0.15) is 12.0 Å². The summed E-state index contributed by atoms with van der Waals surface area (Å²) in [6.45, 7) is 0.941. The monoisotopic (exact) mass is 312 g/mol. The molecule has 3 heteroatoms. The van der Waals surface area contributed by atoms with Gasteiger partial charge in [-0.05, 0) is 0 Å². The van der Waals surface area contributed by atoms with Gasteiger partial charge in [0.2, 0.25) is 0 Å². The Labute approximate surface area is 122 Å². The molecule has 0 aromatic heterocycles. The van der Waals surface area contributed by atoms with Gasteiger partial charge < -0.3 is 0 Å². The van der Waals surface area contributed by atoms with Crippen LogP contribution >= 0.6 is 0 Å². The molecule has 1 heterocycles. The van der Waals surface area contributed by atoms with E-state index in [1.165, 1.54) is 15.7 Å². The molecule has 2 N–H and O–H groups in total. The van der Waals surface area contributed by atoms with Crippen LogP contribution in [0.25, 0.3) is 0 Å². The van der Waals surface area contributed by atoms with Crippen molar-refractivity contribution in [3.63, 3.8) is 0 Å². The van der Waals surface area contributed by atoms with Gasteiger partial charge in [-0.15, -0.1) is 0 Å². The summed E-state index contributed by atoms with van der Waals surface area (Å²) in [5.41, 5.74) is 9.50. The molecule has 0 radical (unpaired) electrons. The van der Waals surface area contributed by atoms with Crippen LogP contribution in [0.4, 0.5) is 5.69 Å². The molecule has 0 spiro atoms. The SMILES string of the molecule is C#Cc1cccc(N2CC([C@@H]3C[C@H]3N)=CC=C2[AsH2])c1. The normalized spacial score (nSPS) is 25.4. The molecule has 2 aliphatic rings. The van der Waals surface area contributed by atoms with Gasteiger partial charge in [-0.25, -0.2) is 0 Å². The summed E-state index contributed by atoms with van der Waals surface area (Å²) in [5, 5.41) is 0. The third-order valence-corrected chi connectivity index (χ3v) is 4.82. The number of hydrogen-bond donors (Lipinski definition) is 1. The summed E-state index contributed by atoms with van der Waals surface area (Å²) in [7, 11) is 0. The van der Waals surface area contributed by atoms with Crippen molar-refractivity contribution in [2.45, 2.75) is 12.5 Å². The first-order valence-electron chi connectivity index (χ1n) is 6.45. The van der Waals surface area contributed by atoms with Crippen molar-refractivity contribution in [2.75, 3.05) is 11.4 Å². The van der Waals surface area contributed by atoms with Crippen molar-refractivity contribution in [2.24, 2.45) is 11.7 Å². The molecule has 19 heavy (non-hydrogen) atoms. The number of anilines is 1. The van der Waals surface area contributed by atoms with Gasteiger partial charge in [0.15, 0.2) is 0 Å². The Morgan fingerprint density at radius 1 is 1.37 bits per heavy atom. The molecule has 1 saturated carbocycles. The van der Waals surface area contributed by atoms with Crippen LogP contribution in [0.2, 0.25) is 0 Å². The van der Waals surface area contributed by atoms with Gasteiger partial charge in [0.05, 0.1) is 0 Å². The fourth-order valence-corrected chi connectivity index (χ4v) is 3.20. The van der Waals surface area contributed by atoms with E-state index >= 15 is 0 Å². The minimum absolute atomic E-state index is 0.363. The Bertz CT molecular complexity index is 609. The quantitative estimate of drug-likeness (QED) is 0.658. The van der Waals surface area contributed by atoms with E-state index in [9.17, 15) is 0 Å². The number of hydrogen-bond acceptors (Lipinski definition) is 2. The Kier molecular flexibility index (Phi) is 3.27. The zero-order valence-electron chi connectivity index (χ0n) is 10.7. The van der Waals surface area contributed by atoms with Gasteiger partial charge in [0, 0.05) is 0 Å². The molecule has 3 atom stereocenters. The molecule has 0 bridgehead atoms. The van der Waals surface area contributed by atoms with Crippen LogP contribution in [-0.2, 0) is 0 Å². The summed E-state index contributed by atoms with van der Waals surface area (Å²) in [5.74, 6) is 3.28. The van der Waals surface area contributed by atoms with Gasteiger partial charge in [-0.3, -0.25) is 0 Å². The van der Waals surface area contributed by atoms with Crippen molar-refractivity contribution in [3.05, 3.63) is 52.0 Å².